The van der Waals surface area contributed by atoms with Crippen LogP contribution in [0, 0.1) is 0 Å². The van der Waals surface area contributed by atoms with Gasteiger partial charge in [-0.3, -0.25) is 4.79 Å². The molecule has 112 valence electrons. The van der Waals surface area contributed by atoms with Gasteiger partial charge < -0.3 is 5.32 Å². The van der Waals surface area contributed by atoms with Crippen molar-refractivity contribution < 1.29 is 18.0 Å². The van der Waals surface area contributed by atoms with E-state index in [1.807, 2.05) is 32.0 Å². The number of hydrogen-bond donors (Lipinski definition) is 1. The zero-order chi connectivity index (χ0) is 15.3. The fourth-order valence-electron chi connectivity index (χ4n) is 2.43. The Morgan fingerprint density at radius 3 is 2.05 bits per heavy atom. The summed E-state index contributed by atoms with van der Waals surface area (Å²) in [6.45, 7) is 5.04. The van der Waals surface area contributed by atoms with Crippen LogP contribution in [0.1, 0.15) is 49.9 Å². The van der Waals surface area contributed by atoms with Crippen molar-refractivity contribution in [2.24, 2.45) is 0 Å². The molecule has 1 aromatic rings. The first-order valence-electron chi connectivity index (χ1n) is 6.73. The Bertz CT molecular complexity index is 446. The Kier molecular flexibility index (Phi) is 5.60. The molecule has 1 rings (SSSR count). The normalized spacial score (nSPS) is 13.1. The number of carbonyl (C=O) groups is 1. The molecule has 20 heavy (non-hydrogen) atoms. The van der Waals surface area contributed by atoms with Crippen molar-refractivity contribution in [1.29, 1.82) is 0 Å². The van der Waals surface area contributed by atoms with Crippen molar-refractivity contribution >= 4 is 5.91 Å². The quantitative estimate of drug-likeness (QED) is 0.873. The van der Waals surface area contributed by atoms with Gasteiger partial charge in [0.1, 0.15) is 0 Å². The van der Waals surface area contributed by atoms with Crippen LogP contribution in [0.4, 0.5) is 13.2 Å². The van der Waals surface area contributed by atoms with Crippen molar-refractivity contribution in [1.82, 2.24) is 5.32 Å². The first kappa shape index (κ1) is 16.5. The minimum absolute atomic E-state index is 0.452. The van der Waals surface area contributed by atoms with Gasteiger partial charge in [-0.1, -0.05) is 32.0 Å². The van der Waals surface area contributed by atoms with Gasteiger partial charge in [0, 0.05) is 6.92 Å². The summed E-state index contributed by atoms with van der Waals surface area (Å²) in [5.41, 5.74) is 2.32. The number of alkyl halides is 3. The third kappa shape index (κ3) is 4.54. The molecule has 1 aromatic carbocycles. The lowest BCUT2D eigenvalue weighted by Gasteiger charge is -2.25. The van der Waals surface area contributed by atoms with Crippen molar-refractivity contribution in [3.63, 3.8) is 0 Å². The lowest BCUT2D eigenvalue weighted by molar-refractivity contribution is -0.142. The monoisotopic (exact) mass is 287 g/mol. The van der Waals surface area contributed by atoms with Gasteiger partial charge in [0.15, 0.2) is 0 Å². The van der Waals surface area contributed by atoms with Crippen LogP contribution in [0.25, 0.3) is 0 Å². The van der Waals surface area contributed by atoms with Gasteiger partial charge in [0.05, 0.1) is 12.5 Å². The molecule has 0 aromatic heterocycles. The van der Waals surface area contributed by atoms with E-state index in [0.29, 0.717) is 18.4 Å². The largest absolute Gasteiger partial charge is 0.391 e. The molecule has 0 heterocycles. The minimum atomic E-state index is -4.32. The van der Waals surface area contributed by atoms with Gasteiger partial charge in [-0.15, -0.1) is 0 Å². The fraction of sp³-hybridized carbons (Fsp3) is 0.533. The summed E-state index contributed by atoms with van der Waals surface area (Å²) in [5, 5.41) is 2.44. The Hall–Kier alpha value is -1.52. The molecule has 1 N–H and O–H groups in total. The molecular weight excluding hydrogens is 267 g/mol. The molecule has 2 nitrogen and oxygen atoms in total. The van der Waals surface area contributed by atoms with Crippen molar-refractivity contribution in [3.8, 4) is 0 Å². The summed E-state index contributed by atoms with van der Waals surface area (Å²) >= 11 is 0. The molecule has 5 heteroatoms. The SMILES string of the molecule is CCc1cccc(CC)c1C(CC(F)(F)F)NC(C)=O. The highest BCUT2D eigenvalue weighted by atomic mass is 19.4. The van der Waals surface area contributed by atoms with E-state index < -0.39 is 24.5 Å². The number of carbonyl (C=O) groups excluding carboxylic acids is 1. The molecule has 1 amide bonds. The lowest BCUT2D eigenvalue weighted by atomic mass is 9.90. The average molecular weight is 287 g/mol. The molecule has 0 bridgehead atoms. The second-order valence-electron chi connectivity index (χ2n) is 4.77. The topological polar surface area (TPSA) is 29.1 Å². The maximum atomic E-state index is 12.8. The Morgan fingerprint density at radius 2 is 1.70 bits per heavy atom. The molecule has 1 atom stereocenters. The van der Waals surface area contributed by atoms with E-state index in [1.54, 1.807) is 0 Å². The van der Waals surface area contributed by atoms with Crippen LogP contribution in [0.2, 0.25) is 0 Å². The smallest absolute Gasteiger partial charge is 0.349 e. The van der Waals surface area contributed by atoms with E-state index >= 15 is 0 Å². The van der Waals surface area contributed by atoms with Crippen LogP contribution < -0.4 is 5.32 Å². The van der Waals surface area contributed by atoms with Gasteiger partial charge in [-0.25, -0.2) is 0 Å². The summed E-state index contributed by atoms with van der Waals surface area (Å²) in [5.74, 6) is -0.452. The predicted molar refractivity (Wildman–Crippen MR) is 72.4 cm³/mol. The van der Waals surface area contributed by atoms with Crippen LogP contribution in [0.15, 0.2) is 18.2 Å². The molecule has 0 saturated heterocycles. The van der Waals surface area contributed by atoms with Gasteiger partial charge in [-0.05, 0) is 29.5 Å². The van der Waals surface area contributed by atoms with E-state index in [0.717, 1.165) is 11.1 Å². The number of hydrogen-bond acceptors (Lipinski definition) is 1. The van der Waals surface area contributed by atoms with Crippen LogP contribution in [-0.4, -0.2) is 12.1 Å². The third-order valence-electron chi connectivity index (χ3n) is 3.21. The Labute approximate surface area is 117 Å². The standard InChI is InChI=1S/C15H20F3NO/c1-4-11-7-6-8-12(5-2)14(11)13(19-10(3)20)9-15(16,17)18/h6-8,13H,4-5,9H2,1-3H3,(H,19,20). The first-order chi connectivity index (χ1) is 9.28. The van der Waals surface area contributed by atoms with E-state index in [4.69, 9.17) is 0 Å². The predicted octanol–water partition coefficient (Wildman–Crippen LogP) is 3.94. The molecule has 0 fully saturated rings. The summed E-state index contributed by atoms with van der Waals surface area (Å²) in [6, 6.07) is 4.47. The Morgan fingerprint density at radius 1 is 1.20 bits per heavy atom. The lowest BCUT2D eigenvalue weighted by Crippen LogP contribution is -2.31. The molecular formula is C15H20F3NO. The number of aryl methyl sites for hydroxylation is 2. The van der Waals surface area contributed by atoms with Crippen molar-refractivity contribution in [2.45, 2.75) is 52.3 Å². The van der Waals surface area contributed by atoms with Gasteiger partial charge in [-0.2, -0.15) is 13.2 Å². The number of nitrogens with one attached hydrogen (secondary N) is 1. The number of amides is 1. The maximum absolute atomic E-state index is 12.8. The van der Waals surface area contributed by atoms with Crippen LogP contribution >= 0.6 is 0 Å². The van der Waals surface area contributed by atoms with E-state index in [9.17, 15) is 18.0 Å². The Balaban J connectivity index is 3.27. The highest BCUT2D eigenvalue weighted by Crippen LogP contribution is 2.33. The molecule has 0 spiro atoms. The first-order valence-corrected chi connectivity index (χ1v) is 6.73. The average Bonchev–Trinajstić information content (AvgIpc) is 2.34. The van der Waals surface area contributed by atoms with Gasteiger partial charge >= 0.3 is 6.18 Å². The van der Waals surface area contributed by atoms with Crippen LogP contribution in [0.3, 0.4) is 0 Å². The highest BCUT2D eigenvalue weighted by Gasteiger charge is 2.34. The maximum Gasteiger partial charge on any atom is 0.391 e. The third-order valence-corrected chi connectivity index (χ3v) is 3.21. The summed E-state index contributed by atoms with van der Waals surface area (Å²) in [7, 11) is 0. The summed E-state index contributed by atoms with van der Waals surface area (Å²) in [6.07, 6.45) is -4.09. The van der Waals surface area contributed by atoms with Crippen LogP contribution in [-0.2, 0) is 17.6 Å². The molecule has 0 radical (unpaired) electrons. The van der Waals surface area contributed by atoms with Gasteiger partial charge in [0.25, 0.3) is 0 Å². The number of benzene rings is 1. The van der Waals surface area contributed by atoms with Crippen molar-refractivity contribution in [2.75, 3.05) is 0 Å². The molecule has 1 unspecified atom stereocenters. The summed E-state index contributed by atoms with van der Waals surface area (Å²) in [4.78, 5) is 11.2. The van der Waals surface area contributed by atoms with E-state index in [1.165, 1.54) is 6.92 Å². The number of rotatable bonds is 5. The second-order valence-corrected chi connectivity index (χ2v) is 4.77. The number of halogens is 3. The van der Waals surface area contributed by atoms with E-state index in [2.05, 4.69) is 5.32 Å². The molecule has 0 aliphatic heterocycles. The molecule has 0 saturated carbocycles. The second kappa shape index (κ2) is 6.77. The summed E-state index contributed by atoms with van der Waals surface area (Å²) < 4.78 is 38.3. The van der Waals surface area contributed by atoms with Crippen LogP contribution in [0.5, 0.6) is 0 Å². The highest BCUT2D eigenvalue weighted by molar-refractivity contribution is 5.73. The minimum Gasteiger partial charge on any atom is -0.349 e. The van der Waals surface area contributed by atoms with Gasteiger partial charge in [0.2, 0.25) is 5.91 Å². The fourth-order valence-corrected chi connectivity index (χ4v) is 2.43. The zero-order valence-electron chi connectivity index (χ0n) is 12.0. The zero-order valence-corrected chi connectivity index (χ0v) is 12.0. The van der Waals surface area contributed by atoms with E-state index in [-0.39, 0.29) is 0 Å². The molecule has 0 aliphatic rings. The molecule has 0 aliphatic carbocycles. The van der Waals surface area contributed by atoms with Crippen molar-refractivity contribution in [3.05, 3.63) is 34.9 Å².